The number of hydrogen-bond acceptors (Lipinski definition) is 3. The predicted molar refractivity (Wildman–Crippen MR) is 65.8 cm³/mol. The summed E-state index contributed by atoms with van der Waals surface area (Å²) < 4.78 is 27.5. The molecule has 0 saturated carbocycles. The highest BCUT2D eigenvalue weighted by Crippen LogP contribution is 2.11. The minimum Gasteiger partial charge on any atom is -0.481 e. The van der Waals surface area contributed by atoms with Gasteiger partial charge in [-0.05, 0) is 26.2 Å². The Morgan fingerprint density at radius 3 is 2.12 bits per heavy atom. The number of carbonyl (C=O) groups is 1. The molecule has 0 fully saturated rings. The first kappa shape index (κ1) is 16.3. The van der Waals surface area contributed by atoms with Gasteiger partial charge >= 0.3 is 5.97 Å². The molecule has 0 rings (SSSR count). The maximum Gasteiger partial charge on any atom is 0.307 e. The van der Waals surface area contributed by atoms with E-state index in [1.54, 1.807) is 13.8 Å². The van der Waals surface area contributed by atoms with Gasteiger partial charge in [-0.3, -0.25) is 4.79 Å². The van der Waals surface area contributed by atoms with Crippen molar-refractivity contribution in [3.8, 4) is 0 Å². The maximum atomic E-state index is 11.4. The lowest BCUT2D eigenvalue weighted by atomic mass is 9.98. The lowest BCUT2D eigenvalue weighted by Crippen LogP contribution is -2.43. The average Bonchev–Trinajstić information content (AvgIpc) is 2.08. The van der Waals surface area contributed by atoms with E-state index in [-0.39, 0.29) is 18.5 Å². The third kappa shape index (κ3) is 8.12. The molecular weight excluding hydrogens is 244 g/mol. The average molecular weight is 266 g/mol. The molecule has 17 heavy (non-hydrogen) atoms. The van der Waals surface area contributed by atoms with Crippen molar-refractivity contribution in [1.82, 2.24) is 9.44 Å². The summed E-state index contributed by atoms with van der Waals surface area (Å²) in [6, 6.07) is -0.221. The zero-order valence-corrected chi connectivity index (χ0v) is 11.5. The molecule has 6 nitrogen and oxygen atoms in total. The van der Waals surface area contributed by atoms with E-state index in [1.165, 1.54) is 0 Å². The van der Waals surface area contributed by atoms with Crippen molar-refractivity contribution in [2.24, 2.45) is 11.8 Å². The Hall–Kier alpha value is -0.660. The minimum absolute atomic E-state index is 0.0877. The van der Waals surface area contributed by atoms with Gasteiger partial charge < -0.3 is 5.11 Å². The number of aliphatic carboxylic acids is 1. The SMILES string of the molecule is CC(C)CC(CNS(=O)(=O)NC(C)C)C(=O)O. The van der Waals surface area contributed by atoms with Gasteiger partial charge in [0.2, 0.25) is 0 Å². The van der Waals surface area contributed by atoms with Gasteiger partial charge in [-0.2, -0.15) is 13.1 Å². The van der Waals surface area contributed by atoms with Crippen LogP contribution < -0.4 is 9.44 Å². The molecule has 0 heterocycles. The number of carboxylic acids is 1. The third-order valence-electron chi connectivity index (χ3n) is 2.02. The highest BCUT2D eigenvalue weighted by molar-refractivity contribution is 7.87. The van der Waals surface area contributed by atoms with Gasteiger partial charge in [0, 0.05) is 12.6 Å². The molecule has 0 bridgehead atoms. The van der Waals surface area contributed by atoms with Crippen LogP contribution in [0.1, 0.15) is 34.1 Å². The van der Waals surface area contributed by atoms with Gasteiger partial charge in [0.15, 0.2) is 0 Å². The molecule has 0 aliphatic carbocycles. The molecule has 0 aliphatic rings. The van der Waals surface area contributed by atoms with Crippen LogP contribution in [0.25, 0.3) is 0 Å². The lowest BCUT2D eigenvalue weighted by molar-refractivity contribution is -0.142. The van der Waals surface area contributed by atoms with E-state index >= 15 is 0 Å². The van der Waals surface area contributed by atoms with Crippen molar-refractivity contribution in [3.05, 3.63) is 0 Å². The number of carboxylic acid groups (broad SMARTS) is 1. The van der Waals surface area contributed by atoms with Crippen molar-refractivity contribution < 1.29 is 18.3 Å². The molecule has 0 amide bonds. The van der Waals surface area contributed by atoms with Crippen LogP contribution in [0.15, 0.2) is 0 Å². The van der Waals surface area contributed by atoms with Gasteiger partial charge in [0.05, 0.1) is 5.92 Å². The molecule has 1 atom stereocenters. The van der Waals surface area contributed by atoms with Crippen molar-refractivity contribution in [1.29, 1.82) is 0 Å². The van der Waals surface area contributed by atoms with Crippen LogP contribution in [0.2, 0.25) is 0 Å². The Labute approximate surface area is 103 Å². The summed E-state index contributed by atoms with van der Waals surface area (Å²) in [5.41, 5.74) is 0. The van der Waals surface area contributed by atoms with Gasteiger partial charge in [0.1, 0.15) is 0 Å². The quantitative estimate of drug-likeness (QED) is 0.598. The summed E-state index contributed by atoms with van der Waals surface area (Å²) in [5, 5.41) is 8.95. The van der Waals surface area contributed by atoms with E-state index in [2.05, 4.69) is 9.44 Å². The smallest absolute Gasteiger partial charge is 0.307 e. The summed E-state index contributed by atoms with van der Waals surface area (Å²) in [7, 11) is -3.61. The van der Waals surface area contributed by atoms with E-state index in [4.69, 9.17) is 5.11 Å². The molecule has 102 valence electrons. The molecule has 0 saturated heterocycles. The first-order valence-electron chi connectivity index (χ1n) is 5.63. The van der Waals surface area contributed by atoms with Crippen LogP contribution in [-0.4, -0.2) is 32.1 Å². The van der Waals surface area contributed by atoms with Crippen LogP contribution >= 0.6 is 0 Å². The van der Waals surface area contributed by atoms with Crippen molar-refractivity contribution >= 4 is 16.2 Å². The molecule has 3 N–H and O–H groups in total. The van der Waals surface area contributed by atoms with Gasteiger partial charge in [-0.1, -0.05) is 13.8 Å². The van der Waals surface area contributed by atoms with Gasteiger partial charge in [-0.15, -0.1) is 0 Å². The van der Waals surface area contributed by atoms with E-state index in [0.717, 1.165) is 0 Å². The second-order valence-electron chi connectivity index (χ2n) is 4.79. The highest BCUT2D eigenvalue weighted by Gasteiger charge is 2.21. The largest absolute Gasteiger partial charge is 0.481 e. The van der Waals surface area contributed by atoms with Crippen molar-refractivity contribution in [2.45, 2.75) is 40.2 Å². The standard InChI is InChI=1S/C10H22N2O4S/c1-7(2)5-9(10(13)14)6-11-17(15,16)12-8(3)4/h7-9,11-12H,5-6H2,1-4H3,(H,13,14). The second kappa shape index (κ2) is 6.93. The molecule has 0 spiro atoms. The molecule has 0 aliphatic heterocycles. The first-order chi connectivity index (χ1) is 7.64. The zero-order valence-electron chi connectivity index (χ0n) is 10.7. The van der Waals surface area contributed by atoms with E-state index < -0.39 is 22.1 Å². The third-order valence-corrected chi connectivity index (χ3v) is 3.34. The number of hydrogen-bond donors (Lipinski definition) is 3. The number of rotatable bonds is 8. The Morgan fingerprint density at radius 1 is 1.24 bits per heavy atom. The Morgan fingerprint density at radius 2 is 1.76 bits per heavy atom. The van der Waals surface area contributed by atoms with Crippen LogP contribution in [0.5, 0.6) is 0 Å². The normalized spacial score (nSPS) is 14.2. The molecule has 1 unspecified atom stereocenters. The molecule has 0 aromatic heterocycles. The molecule has 0 aromatic rings. The monoisotopic (exact) mass is 266 g/mol. The van der Waals surface area contributed by atoms with E-state index in [0.29, 0.717) is 6.42 Å². The Balaban J connectivity index is 4.35. The maximum absolute atomic E-state index is 11.4. The lowest BCUT2D eigenvalue weighted by Gasteiger charge is -2.16. The Bertz CT molecular complexity index is 338. The van der Waals surface area contributed by atoms with E-state index in [9.17, 15) is 13.2 Å². The van der Waals surface area contributed by atoms with Crippen LogP contribution in [0.4, 0.5) is 0 Å². The van der Waals surface area contributed by atoms with Crippen molar-refractivity contribution in [3.63, 3.8) is 0 Å². The number of nitrogens with one attached hydrogen (secondary N) is 2. The van der Waals surface area contributed by atoms with Gasteiger partial charge in [-0.25, -0.2) is 4.72 Å². The summed E-state index contributed by atoms with van der Waals surface area (Å²) in [4.78, 5) is 10.9. The van der Waals surface area contributed by atoms with E-state index in [1.807, 2.05) is 13.8 Å². The summed E-state index contributed by atoms with van der Waals surface area (Å²) in [5.74, 6) is -1.47. The fourth-order valence-electron chi connectivity index (χ4n) is 1.40. The summed E-state index contributed by atoms with van der Waals surface area (Å²) in [6.45, 7) is 7.10. The van der Waals surface area contributed by atoms with Crippen LogP contribution in [-0.2, 0) is 15.0 Å². The second-order valence-corrected chi connectivity index (χ2v) is 6.32. The molecule has 7 heteroatoms. The molecule has 0 radical (unpaired) electrons. The fraction of sp³-hybridized carbons (Fsp3) is 0.900. The summed E-state index contributed by atoms with van der Waals surface area (Å²) in [6.07, 6.45) is 0.444. The highest BCUT2D eigenvalue weighted by atomic mass is 32.2. The zero-order chi connectivity index (χ0) is 13.6. The van der Waals surface area contributed by atoms with Gasteiger partial charge in [0.25, 0.3) is 10.2 Å². The van der Waals surface area contributed by atoms with Crippen LogP contribution in [0.3, 0.4) is 0 Å². The first-order valence-corrected chi connectivity index (χ1v) is 7.12. The predicted octanol–water partition coefficient (Wildman–Crippen LogP) is 0.566. The minimum atomic E-state index is -3.61. The molecular formula is C10H22N2O4S. The summed E-state index contributed by atoms with van der Waals surface area (Å²) >= 11 is 0. The Kier molecular flexibility index (Phi) is 6.66. The topological polar surface area (TPSA) is 95.5 Å². The molecule has 0 aromatic carbocycles. The van der Waals surface area contributed by atoms with Crippen LogP contribution in [0, 0.1) is 11.8 Å². The fourth-order valence-corrected chi connectivity index (χ4v) is 2.53. The van der Waals surface area contributed by atoms with Crippen molar-refractivity contribution in [2.75, 3.05) is 6.54 Å².